The SMILES string of the molecule is CC1CC(C)OS(=O)O1. The number of hydrogen-bond acceptors (Lipinski definition) is 3. The lowest BCUT2D eigenvalue weighted by Gasteiger charge is -2.22. The van der Waals surface area contributed by atoms with Gasteiger partial charge in [0.05, 0.1) is 12.2 Å². The zero-order valence-electron chi connectivity index (χ0n) is 5.49. The minimum atomic E-state index is -1.50. The van der Waals surface area contributed by atoms with E-state index in [1.165, 1.54) is 0 Å². The first kappa shape index (κ1) is 7.18. The Balaban J connectivity index is 2.43. The van der Waals surface area contributed by atoms with Gasteiger partial charge in [-0.25, -0.2) is 0 Å². The quantitative estimate of drug-likeness (QED) is 0.512. The first-order chi connectivity index (χ1) is 4.18. The molecule has 0 radical (unpaired) electrons. The van der Waals surface area contributed by atoms with Gasteiger partial charge in [-0.1, -0.05) is 0 Å². The summed E-state index contributed by atoms with van der Waals surface area (Å²) >= 11 is -1.50. The van der Waals surface area contributed by atoms with Gasteiger partial charge >= 0.3 is 11.4 Å². The van der Waals surface area contributed by atoms with E-state index in [4.69, 9.17) is 8.37 Å². The molecule has 0 aromatic heterocycles. The van der Waals surface area contributed by atoms with Crippen molar-refractivity contribution in [1.29, 1.82) is 0 Å². The van der Waals surface area contributed by atoms with E-state index in [2.05, 4.69) is 0 Å². The van der Waals surface area contributed by atoms with Gasteiger partial charge in [0.1, 0.15) is 0 Å². The highest BCUT2D eigenvalue weighted by atomic mass is 32.2. The highest BCUT2D eigenvalue weighted by Crippen LogP contribution is 2.15. The van der Waals surface area contributed by atoms with Crippen LogP contribution in [0.5, 0.6) is 0 Å². The molecule has 1 fully saturated rings. The maximum absolute atomic E-state index is 10.6. The summed E-state index contributed by atoms with van der Waals surface area (Å²) in [6.07, 6.45) is 0.954. The van der Waals surface area contributed by atoms with Gasteiger partial charge < -0.3 is 0 Å². The van der Waals surface area contributed by atoms with E-state index in [1.54, 1.807) is 0 Å². The topological polar surface area (TPSA) is 35.5 Å². The largest absolute Gasteiger partial charge is 0.305 e. The van der Waals surface area contributed by atoms with Crippen molar-refractivity contribution in [3.63, 3.8) is 0 Å². The van der Waals surface area contributed by atoms with Crippen LogP contribution in [0.15, 0.2) is 0 Å². The minimum Gasteiger partial charge on any atom is -0.265 e. The molecule has 2 unspecified atom stereocenters. The van der Waals surface area contributed by atoms with Gasteiger partial charge in [-0.15, -0.1) is 0 Å². The third-order valence-corrected chi connectivity index (χ3v) is 2.12. The van der Waals surface area contributed by atoms with Crippen LogP contribution in [-0.4, -0.2) is 16.4 Å². The molecule has 1 heterocycles. The van der Waals surface area contributed by atoms with Crippen LogP contribution in [0.2, 0.25) is 0 Å². The van der Waals surface area contributed by atoms with Crippen LogP contribution in [0.3, 0.4) is 0 Å². The summed E-state index contributed by atoms with van der Waals surface area (Å²) in [6, 6.07) is 0. The van der Waals surface area contributed by atoms with Crippen molar-refractivity contribution in [2.24, 2.45) is 0 Å². The van der Waals surface area contributed by atoms with E-state index in [0.29, 0.717) is 0 Å². The molecule has 54 valence electrons. The summed E-state index contributed by atoms with van der Waals surface area (Å²) in [6.45, 7) is 3.77. The first-order valence-electron chi connectivity index (χ1n) is 2.94. The third kappa shape index (κ3) is 2.04. The van der Waals surface area contributed by atoms with Crippen molar-refractivity contribution in [3.8, 4) is 0 Å². The highest BCUT2D eigenvalue weighted by Gasteiger charge is 2.21. The van der Waals surface area contributed by atoms with Crippen molar-refractivity contribution in [2.45, 2.75) is 32.5 Å². The van der Waals surface area contributed by atoms with Crippen molar-refractivity contribution in [1.82, 2.24) is 0 Å². The van der Waals surface area contributed by atoms with Crippen molar-refractivity contribution in [2.75, 3.05) is 0 Å². The van der Waals surface area contributed by atoms with Crippen molar-refractivity contribution < 1.29 is 12.6 Å². The molecule has 9 heavy (non-hydrogen) atoms. The van der Waals surface area contributed by atoms with E-state index in [-0.39, 0.29) is 12.2 Å². The number of hydrogen-bond donors (Lipinski definition) is 0. The molecular weight excluding hydrogens is 140 g/mol. The molecule has 0 saturated carbocycles. The van der Waals surface area contributed by atoms with Crippen LogP contribution in [0.1, 0.15) is 20.3 Å². The molecule has 2 atom stereocenters. The van der Waals surface area contributed by atoms with E-state index >= 15 is 0 Å². The van der Waals surface area contributed by atoms with Gasteiger partial charge in [0, 0.05) is 6.42 Å². The van der Waals surface area contributed by atoms with Crippen LogP contribution in [0, 0.1) is 0 Å². The van der Waals surface area contributed by atoms with Gasteiger partial charge in [-0.05, 0) is 13.8 Å². The summed E-state index contributed by atoms with van der Waals surface area (Å²) in [4.78, 5) is 0. The maximum Gasteiger partial charge on any atom is 0.305 e. The molecule has 1 aliphatic heterocycles. The molecule has 0 amide bonds. The molecule has 0 aromatic carbocycles. The van der Waals surface area contributed by atoms with Crippen molar-refractivity contribution in [3.05, 3.63) is 0 Å². The van der Waals surface area contributed by atoms with Gasteiger partial charge in [-0.3, -0.25) is 8.37 Å². The summed E-state index contributed by atoms with van der Waals surface area (Å²) < 4.78 is 20.2. The van der Waals surface area contributed by atoms with Crippen LogP contribution < -0.4 is 0 Å². The average molecular weight is 150 g/mol. The Morgan fingerprint density at radius 3 is 2.11 bits per heavy atom. The van der Waals surface area contributed by atoms with Gasteiger partial charge in [0.25, 0.3) is 0 Å². The lowest BCUT2D eigenvalue weighted by atomic mass is 10.2. The Hall–Kier alpha value is 0.0700. The predicted octanol–water partition coefficient (Wildman–Crippen LogP) is 0.779. The van der Waals surface area contributed by atoms with E-state index in [0.717, 1.165) is 6.42 Å². The van der Waals surface area contributed by atoms with Crippen LogP contribution in [-0.2, 0) is 19.7 Å². The third-order valence-electron chi connectivity index (χ3n) is 1.15. The molecule has 0 N–H and O–H groups in total. The second-order valence-corrected chi connectivity index (χ2v) is 3.05. The van der Waals surface area contributed by atoms with Crippen LogP contribution in [0.4, 0.5) is 0 Å². The molecule has 3 nitrogen and oxygen atoms in total. The maximum atomic E-state index is 10.6. The molecule has 1 saturated heterocycles. The lowest BCUT2D eigenvalue weighted by Crippen LogP contribution is -2.27. The van der Waals surface area contributed by atoms with Gasteiger partial charge in [-0.2, -0.15) is 4.21 Å². The Labute approximate surface area is 57.2 Å². The number of rotatable bonds is 0. The van der Waals surface area contributed by atoms with Crippen LogP contribution >= 0.6 is 0 Å². The Morgan fingerprint density at radius 2 is 1.78 bits per heavy atom. The fourth-order valence-electron chi connectivity index (χ4n) is 0.837. The standard InChI is InChI=1S/C5H10O3S/c1-4-3-5(2)8-9(6)7-4/h4-5H,3H2,1-2H3. The molecule has 1 rings (SSSR count). The molecule has 0 aliphatic carbocycles. The summed E-state index contributed by atoms with van der Waals surface area (Å²) in [5.74, 6) is 0. The molecule has 0 spiro atoms. The molecule has 1 aliphatic rings. The molecule has 4 heteroatoms. The Bertz CT molecular complexity index is 113. The van der Waals surface area contributed by atoms with E-state index < -0.39 is 11.4 Å². The summed E-state index contributed by atoms with van der Waals surface area (Å²) in [5, 5.41) is 0. The highest BCUT2D eigenvalue weighted by molar-refractivity contribution is 7.75. The second kappa shape index (κ2) is 2.77. The fraction of sp³-hybridized carbons (Fsp3) is 1.00. The van der Waals surface area contributed by atoms with Gasteiger partial charge in [0.15, 0.2) is 0 Å². The Kier molecular flexibility index (Phi) is 2.21. The zero-order chi connectivity index (χ0) is 6.85. The summed E-state index contributed by atoms with van der Waals surface area (Å²) in [7, 11) is 0. The smallest absolute Gasteiger partial charge is 0.265 e. The molecule has 0 bridgehead atoms. The van der Waals surface area contributed by atoms with Crippen molar-refractivity contribution >= 4 is 11.4 Å². The van der Waals surface area contributed by atoms with E-state index in [9.17, 15) is 4.21 Å². The Morgan fingerprint density at radius 1 is 1.33 bits per heavy atom. The van der Waals surface area contributed by atoms with E-state index in [1.807, 2.05) is 13.8 Å². The lowest BCUT2D eigenvalue weighted by molar-refractivity contribution is 0.0777. The monoisotopic (exact) mass is 150 g/mol. The molecular formula is C5H10O3S. The predicted molar refractivity (Wildman–Crippen MR) is 33.9 cm³/mol. The zero-order valence-corrected chi connectivity index (χ0v) is 6.31. The summed E-state index contributed by atoms with van der Waals surface area (Å²) in [5.41, 5.74) is 0. The fourth-order valence-corrected chi connectivity index (χ4v) is 1.58. The van der Waals surface area contributed by atoms with Crippen LogP contribution in [0.25, 0.3) is 0 Å². The minimum absolute atomic E-state index is 0.0644. The van der Waals surface area contributed by atoms with Gasteiger partial charge in [0.2, 0.25) is 0 Å². The molecule has 0 aromatic rings. The normalized spacial score (nSPS) is 44.9. The average Bonchev–Trinajstić information content (AvgIpc) is 1.59. The first-order valence-corrected chi connectivity index (χ1v) is 3.94. The second-order valence-electron chi connectivity index (χ2n) is 2.25.